The number of rotatable bonds is 8. The summed E-state index contributed by atoms with van der Waals surface area (Å²) in [5.74, 6) is -0.126. The van der Waals surface area contributed by atoms with Gasteiger partial charge < -0.3 is 9.64 Å². The van der Waals surface area contributed by atoms with Gasteiger partial charge in [-0.1, -0.05) is 66.8 Å². The summed E-state index contributed by atoms with van der Waals surface area (Å²) < 4.78 is 5.57. The van der Waals surface area contributed by atoms with Gasteiger partial charge in [-0.3, -0.25) is 9.59 Å². The van der Waals surface area contributed by atoms with E-state index < -0.39 is 5.97 Å². The summed E-state index contributed by atoms with van der Waals surface area (Å²) in [6, 6.07) is 12.2. The van der Waals surface area contributed by atoms with Crippen molar-refractivity contribution >= 4 is 34.8 Å². The minimum absolute atomic E-state index is 0.00698. The van der Waals surface area contributed by atoms with Crippen LogP contribution in [-0.2, 0) is 14.3 Å². The number of benzene rings is 2. The summed E-state index contributed by atoms with van der Waals surface area (Å²) in [6.45, 7) is 8.15. The number of nitrogens with zero attached hydrogens (tertiary/aromatic N) is 1. The maximum Gasteiger partial charge on any atom is 0.311 e. The van der Waals surface area contributed by atoms with E-state index in [1.165, 1.54) is 0 Å². The van der Waals surface area contributed by atoms with Crippen molar-refractivity contribution < 1.29 is 14.3 Å². The van der Waals surface area contributed by atoms with Gasteiger partial charge in [-0.05, 0) is 33.4 Å². The number of esters is 1. The van der Waals surface area contributed by atoms with E-state index in [0.29, 0.717) is 18.8 Å². The summed E-state index contributed by atoms with van der Waals surface area (Å²) in [4.78, 5) is 26.3. The third-order valence-electron chi connectivity index (χ3n) is 4.76. The molecular formula is C26H25NO3. The molecule has 152 valence electrons. The van der Waals surface area contributed by atoms with Gasteiger partial charge in [0.15, 0.2) is 0 Å². The molecule has 0 saturated heterocycles. The van der Waals surface area contributed by atoms with Crippen molar-refractivity contribution in [1.29, 1.82) is 0 Å². The normalized spacial score (nSPS) is 17.4. The number of fused-ring (bicyclic) bond motifs is 3. The van der Waals surface area contributed by atoms with Gasteiger partial charge in [0.05, 0.1) is 6.42 Å². The molecule has 1 amide bonds. The number of carbonyl (C=O) groups is 2. The van der Waals surface area contributed by atoms with E-state index in [4.69, 9.17) is 4.74 Å². The maximum absolute atomic E-state index is 12.4. The zero-order valence-corrected chi connectivity index (χ0v) is 16.9. The standard InChI is InChI=1S/C26H25NO3/c1-3-17-27(18-4-2)25(28)15-16-26(29)30-22-11-7-5-10-21-14-13-20-9-6-8-12-23(20)24(21)19-22/h3-14,19H,1-2,15-18H2/b7-5-,10-5?,11-7?,21-10-,22-11+,22-19?,24-19+. The van der Waals surface area contributed by atoms with E-state index in [1.807, 2.05) is 36.4 Å². The van der Waals surface area contributed by atoms with Crippen molar-refractivity contribution in [3.8, 4) is 0 Å². The van der Waals surface area contributed by atoms with Crippen LogP contribution in [-0.4, -0.2) is 29.9 Å². The predicted octanol–water partition coefficient (Wildman–Crippen LogP) is 3.38. The van der Waals surface area contributed by atoms with Crippen LogP contribution >= 0.6 is 0 Å². The first-order chi connectivity index (χ1) is 14.6. The second kappa shape index (κ2) is 10.2. The third kappa shape index (κ3) is 5.23. The van der Waals surface area contributed by atoms with Crippen LogP contribution in [0.5, 0.6) is 0 Å². The van der Waals surface area contributed by atoms with Gasteiger partial charge in [-0.15, -0.1) is 13.2 Å². The molecule has 2 aromatic carbocycles. The van der Waals surface area contributed by atoms with Crippen LogP contribution in [0.3, 0.4) is 0 Å². The lowest BCUT2D eigenvalue weighted by Gasteiger charge is -2.18. The average Bonchev–Trinajstić information content (AvgIpc) is 2.73. The van der Waals surface area contributed by atoms with Crippen molar-refractivity contribution in [2.75, 3.05) is 13.1 Å². The fourth-order valence-corrected chi connectivity index (χ4v) is 3.32. The van der Waals surface area contributed by atoms with Crippen LogP contribution in [0.2, 0.25) is 0 Å². The molecule has 0 bridgehead atoms. The Kier molecular flexibility index (Phi) is 7.17. The minimum Gasteiger partial charge on any atom is -0.426 e. The highest BCUT2D eigenvalue weighted by Crippen LogP contribution is 2.10. The van der Waals surface area contributed by atoms with Gasteiger partial charge in [0, 0.05) is 19.5 Å². The molecule has 1 aliphatic rings. The molecule has 1 aliphatic carbocycles. The third-order valence-corrected chi connectivity index (χ3v) is 4.76. The number of allylic oxidation sites excluding steroid dienone is 4. The smallest absolute Gasteiger partial charge is 0.311 e. The van der Waals surface area contributed by atoms with Crippen LogP contribution < -0.4 is 10.4 Å². The molecule has 0 radical (unpaired) electrons. The van der Waals surface area contributed by atoms with Gasteiger partial charge in [-0.2, -0.15) is 0 Å². The SMILES string of the molecule is C=CCN(CC=C)C(=O)CCC(=O)OC1=C/C=C\C=c2\ccc3ccccc3\c2=C\1. The van der Waals surface area contributed by atoms with Crippen LogP contribution in [0.1, 0.15) is 12.8 Å². The van der Waals surface area contributed by atoms with Crippen molar-refractivity contribution in [2.24, 2.45) is 0 Å². The monoisotopic (exact) mass is 399 g/mol. The molecule has 4 nitrogen and oxygen atoms in total. The highest BCUT2D eigenvalue weighted by Gasteiger charge is 2.14. The lowest BCUT2D eigenvalue weighted by Crippen LogP contribution is -2.31. The van der Waals surface area contributed by atoms with Crippen LogP contribution in [0.15, 0.2) is 85.7 Å². The van der Waals surface area contributed by atoms with Crippen LogP contribution in [0.4, 0.5) is 0 Å². The maximum atomic E-state index is 12.4. The van der Waals surface area contributed by atoms with E-state index >= 15 is 0 Å². The molecule has 2 aromatic rings. The fraction of sp³-hybridized carbons (Fsp3) is 0.154. The average molecular weight is 399 g/mol. The van der Waals surface area contributed by atoms with E-state index in [0.717, 1.165) is 21.2 Å². The molecule has 0 aliphatic heterocycles. The first-order valence-electron chi connectivity index (χ1n) is 9.91. The molecule has 30 heavy (non-hydrogen) atoms. The quantitative estimate of drug-likeness (QED) is 0.505. The molecule has 3 rings (SSSR count). The zero-order chi connectivity index (χ0) is 21.3. The summed E-state index contributed by atoms with van der Waals surface area (Å²) in [7, 11) is 0. The Morgan fingerprint density at radius 3 is 2.43 bits per heavy atom. The predicted molar refractivity (Wildman–Crippen MR) is 122 cm³/mol. The Hall–Kier alpha value is -3.66. The Morgan fingerprint density at radius 2 is 1.67 bits per heavy atom. The highest BCUT2D eigenvalue weighted by atomic mass is 16.5. The van der Waals surface area contributed by atoms with Crippen molar-refractivity contribution in [2.45, 2.75) is 12.8 Å². The molecule has 4 heteroatoms. The topological polar surface area (TPSA) is 46.6 Å². The summed E-state index contributed by atoms with van der Waals surface area (Å²) in [6.07, 6.45) is 12.8. The summed E-state index contributed by atoms with van der Waals surface area (Å²) in [5.41, 5.74) is 0. The molecule has 0 aromatic heterocycles. The number of ether oxygens (including phenoxy) is 1. The number of hydrogen-bond donors (Lipinski definition) is 0. The van der Waals surface area contributed by atoms with Crippen molar-refractivity contribution in [1.82, 2.24) is 4.90 Å². The van der Waals surface area contributed by atoms with Gasteiger partial charge >= 0.3 is 5.97 Å². The van der Waals surface area contributed by atoms with E-state index in [1.54, 1.807) is 23.1 Å². The zero-order valence-electron chi connectivity index (χ0n) is 16.9. The molecule has 0 spiro atoms. The fourth-order valence-electron chi connectivity index (χ4n) is 3.32. The Bertz CT molecular complexity index is 1140. The lowest BCUT2D eigenvalue weighted by molar-refractivity contribution is -0.142. The molecular weight excluding hydrogens is 374 g/mol. The number of hydrogen-bond acceptors (Lipinski definition) is 3. The van der Waals surface area contributed by atoms with E-state index in [9.17, 15) is 9.59 Å². The van der Waals surface area contributed by atoms with Gasteiger partial charge in [-0.25, -0.2) is 0 Å². The van der Waals surface area contributed by atoms with Gasteiger partial charge in [0.25, 0.3) is 0 Å². The van der Waals surface area contributed by atoms with Gasteiger partial charge in [0.2, 0.25) is 5.91 Å². The van der Waals surface area contributed by atoms with Crippen molar-refractivity contribution in [3.63, 3.8) is 0 Å². The molecule has 0 atom stereocenters. The molecule has 0 saturated carbocycles. The first kappa shape index (κ1) is 21.1. The Labute approximate surface area is 176 Å². The van der Waals surface area contributed by atoms with E-state index in [-0.39, 0.29) is 18.7 Å². The summed E-state index contributed by atoms with van der Waals surface area (Å²) >= 11 is 0. The summed E-state index contributed by atoms with van der Waals surface area (Å²) in [5, 5.41) is 4.25. The molecule has 0 unspecified atom stereocenters. The highest BCUT2D eigenvalue weighted by molar-refractivity contribution is 5.86. The largest absolute Gasteiger partial charge is 0.426 e. The second-order valence-electron chi connectivity index (χ2n) is 6.90. The Morgan fingerprint density at radius 1 is 0.933 bits per heavy atom. The number of amides is 1. The van der Waals surface area contributed by atoms with Crippen LogP contribution in [0, 0.1) is 0 Å². The van der Waals surface area contributed by atoms with Gasteiger partial charge in [0.1, 0.15) is 5.76 Å². The molecule has 0 fully saturated rings. The second-order valence-corrected chi connectivity index (χ2v) is 6.90. The molecule has 0 N–H and O–H groups in total. The number of carbonyl (C=O) groups excluding carboxylic acids is 2. The first-order valence-corrected chi connectivity index (χ1v) is 9.91. The van der Waals surface area contributed by atoms with Crippen LogP contribution in [0.25, 0.3) is 22.9 Å². The van der Waals surface area contributed by atoms with Crippen molar-refractivity contribution in [3.05, 3.63) is 96.1 Å². The lowest BCUT2D eigenvalue weighted by atomic mass is 10.0. The minimum atomic E-state index is -0.442. The van der Waals surface area contributed by atoms with E-state index in [2.05, 4.69) is 37.4 Å². The Balaban J connectivity index is 1.77. The molecule has 0 heterocycles.